The summed E-state index contributed by atoms with van der Waals surface area (Å²) < 4.78 is 11.8. The van der Waals surface area contributed by atoms with E-state index < -0.39 is 5.60 Å². The lowest BCUT2D eigenvalue weighted by Gasteiger charge is -2.45. The van der Waals surface area contributed by atoms with Crippen LogP contribution in [0.25, 0.3) is 0 Å². The highest BCUT2D eigenvalue weighted by Crippen LogP contribution is 2.53. The van der Waals surface area contributed by atoms with Crippen LogP contribution in [0.2, 0.25) is 0 Å². The standard InChI is InChI=1S/C26H37N3O3/c1-25(2,3)32-24(30)29-12-9-26(18-29)15-20(16-26)13-19-5-6-21(17-27)23(14-19)31-22-7-10-28(4)11-8-22/h5-6,14,20,22H,7-13,15-16,18H2,1-4H3. The van der Waals surface area contributed by atoms with Crippen LogP contribution in [-0.4, -0.2) is 60.8 Å². The Hall–Kier alpha value is -2.26. The molecule has 0 bridgehead atoms. The maximum atomic E-state index is 12.4. The summed E-state index contributed by atoms with van der Waals surface area (Å²) in [5, 5.41) is 9.52. The van der Waals surface area contributed by atoms with E-state index in [1.807, 2.05) is 31.7 Å². The van der Waals surface area contributed by atoms with Crippen molar-refractivity contribution in [2.75, 3.05) is 33.2 Å². The lowest BCUT2D eigenvalue weighted by Crippen LogP contribution is -2.42. The van der Waals surface area contributed by atoms with Crippen molar-refractivity contribution in [1.29, 1.82) is 5.26 Å². The number of carbonyl (C=O) groups excluding carboxylic acids is 1. The lowest BCUT2D eigenvalue weighted by atomic mass is 9.60. The Morgan fingerprint density at radius 2 is 1.94 bits per heavy atom. The van der Waals surface area contributed by atoms with Gasteiger partial charge in [0.15, 0.2) is 0 Å². The first-order valence-corrected chi connectivity index (χ1v) is 12.0. The van der Waals surface area contributed by atoms with Crippen molar-refractivity contribution < 1.29 is 14.3 Å². The van der Waals surface area contributed by atoms with E-state index in [1.54, 1.807) is 0 Å². The van der Waals surface area contributed by atoms with Crippen LogP contribution in [0.1, 0.15) is 64.0 Å². The van der Waals surface area contributed by atoms with Gasteiger partial charge in [0.2, 0.25) is 0 Å². The molecule has 0 atom stereocenters. The van der Waals surface area contributed by atoms with E-state index in [0.29, 0.717) is 11.5 Å². The molecule has 3 fully saturated rings. The van der Waals surface area contributed by atoms with Crippen molar-refractivity contribution >= 4 is 6.09 Å². The number of likely N-dealkylation sites (tertiary alicyclic amines) is 2. The van der Waals surface area contributed by atoms with Gasteiger partial charge in [0.1, 0.15) is 23.5 Å². The van der Waals surface area contributed by atoms with Crippen LogP contribution in [0, 0.1) is 22.7 Å². The normalized spacial score (nSPS) is 26.6. The Bertz CT molecular complexity index is 871. The zero-order valence-corrected chi connectivity index (χ0v) is 20.0. The highest BCUT2D eigenvalue weighted by atomic mass is 16.6. The van der Waals surface area contributed by atoms with E-state index >= 15 is 0 Å². The van der Waals surface area contributed by atoms with Crippen molar-refractivity contribution in [1.82, 2.24) is 9.80 Å². The molecule has 3 aliphatic rings. The Morgan fingerprint density at radius 1 is 1.22 bits per heavy atom. The molecule has 32 heavy (non-hydrogen) atoms. The highest BCUT2D eigenvalue weighted by Gasteiger charge is 2.49. The summed E-state index contributed by atoms with van der Waals surface area (Å²) in [7, 11) is 2.14. The number of benzene rings is 1. The molecule has 2 heterocycles. The molecule has 1 aromatic rings. The van der Waals surface area contributed by atoms with Gasteiger partial charge in [-0.1, -0.05) is 6.07 Å². The number of hydrogen-bond acceptors (Lipinski definition) is 5. The molecule has 0 radical (unpaired) electrons. The number of nitriles is 1. The van der Waals surface area contributed by atoms with Crippen molar-refractivity contribution in [2.24, 2.45) is 11.3 Å². The van der Waals surface area contributed by atoms with Crippen LogP contribution < -0.4 is 4.74 Å². The van der Waals surface area contributed by atoms with Crippen molar-refractivity contribution in [3.63, 3.8) is 0 Å². The fourth-order valence-corrected chi connectivity index (χ4v) is 5.56. The Labute approximate surface area is 192 Å². The van der Waals surface area contributed by atoms with Crippen LogP contribution in [0.15, 0.2) is 18.2 Å². The van der Waals surface area contributed by atoms with Gasteiger partial charge in [0, 0.05) is 26.2 Å². The van der Waals surface area contributed by atoms with E-state index in [4.69, 9.17) is 9.47 Å². The van der Waals surface area contributed by atoms with Gasteiger partial charge in [-0.15, -0.1) is 0 Å². The number of piperidine rings is 1. The summed E-state index contributed by atoms with van der Waals surface area (Å²) >= 11 is 0. The summed E-state index contributed by atoms with van der Waals surface area (Å²) in [6.07, 6.45) is 6.40. The van der Waals surface area contributed by atoms with Gasteiger partial charge >= 0.3 is 6.09 Å². The van der Waals surface area contributed by atoms with Gasteiger partial charge in [-0.25, -0.2) is 4.79 Å². The predicted molar refractivity (Wildman–Crippen MR) is 124 cm³/mol. The number of rotatable bonds is 4. The molecule has 1 saturated carbocycles. The predicted octanol–water partition coefficient (Wildman–Crippen LogP) is 4.61. The molecule has 0 aromatic heterocycles. The minimum atomic E-state index is -0.447. The summed E-state index contributed by atoms with van der Waals surface area (Å²) in [5.74, 6) is 1.36. The lowest BCUT2D eigenvalue weighted by molar-refractivity contribution is 0.0183. The van der Waals surface area contributed by atoms with Gasteiger partial charge in [0.05, 0.1) is 5.56 Å². The number of nitrogens with zero attached hydrogens (tertiary/aromatic N) is 3. The molecule has 1 amide bonds. The Morgan fingerprint density at radius 3 is 2.59 bits per heavy atom. The molecule has 1 spiro atoms. The molecule has 1 aliphatic carbocycles. The van der Waals surface area contributed by atoms with Gasteiger partial charge in [0.25, 0.3) is 0 Å². The second kappa shape index (κ2) is 8.94. The molecule has 6 nitrogen and oxygen atoms in total. The van der Waals surface area contributed by atoms with Gasteiger partial charge in [-0.05, 0) is 95.4 Å². The van der Waals surface area contributed by atoms with E-state index in [2.05, 4.69) is 30.1 Å². The third-order valence-electron chi connectivity index (χ3n) is 7.18. The van der Waals surface area contributed by atoms with Crippen LogP contribution in [-0.2, 0) is 11.2 Å². The van der Waals surface area contributed by atoms with Crippen molar-refractivity contribution in [3.05, 3.63) is 29.3 Å². The Balaban J connectivity index is 1.31. The maximum Gasteiger partial charge on any atom is 0.410 e. The third kappa shape index (κ3) is 5.38. The molecular formula is C26H37N3O3. The third-order valence-corrected chi connectivity index (χ3v) is 7.18. The largest absolute Gasteiger partial charge is 0.489 e. The van der Waals surface area contributed by atoms with Gasteiger partial charge in [-0.2, -0.15) is 5.26 Å². The zero-order valence-electron chi connectivity index (χ0n) is 20.0. The number of carbonyl (C=O) groups is 1. The first kappa shape index (κ1) is 22.9. The second-order valence-electron chi connectivity index (χ2n) is 11.2. The molecule has 2 aliphatic heterocycles. The highest BCUT2D eigenvalue weighted by molar-refractivity contribution is 5.68. The van der Waals surface area contributed by atoms with E-state index in [9.17, 15) is 10.1 Å². The van der Waals surface area contributed by atoms with Crippen molar-refractivity contribution in [2.45, 2.75) is 71.0 Å². The summed E-state index contributed by atoms with van der Waals surface area (Å²) in [6.45, 7) is 9.44. The van der Waals surface area contributed by atoms with E-state index in [0.717, 1.165) is 70.5 Å². The topological polar surface area (TPSA) is 65.8 Å². The van der Waals surface area contributed by atoms with Crippen LogP contribution in [0.5, 0.6) is 5.75 Å². The monoisotopic (exact) mass is 439 g/mol. The molecule has 174 valence electrons. The number of hydrogen-bond donors (Lipinski definition) is 0. The molecule has 2 saturated heterocycles. The molecule has 4 rings (SSSR count). The second-order valence-corrected chi connectivity index (χ2v) is 11.2. The molecule has 6 heteroatoms. The summed E-state index contributed by atoms with van der Waals surface area (Å²) in [4.78, 5) is 16.6. The summed E-state index contributed by atoms with van der Waals surface area (Å²) in [6, 6.07) is 8.36. The van der Waals surface area contributed by atoms with Crippen LogP contribution >= 0.6 is 0 Å². The molecule has 1 aromatic carbocycles. The van der Waals surface area contributed by atoms with E-state index in [1.165, 1.54) is 5.56 Å². The SMILES string of the molecule is CN1CCC(Oc2cc(CC3CC4(CCN(C(=O)OC(C)(C)C)C4)C3)ccc2C#N)CC1. The minimum Gasteiger partial charge on any atom is -0.489 e. The quantitative estimate of drug-likeness (QED) is 0.685. The van der Waals surface area contributed by atoms with Crippen LogP contribution in [0.3, 0.4) is 0 Å². The maximum absolute atomic E-state index is 12.4. The fraction of sp³-hybridized carbons (Fsp3) is 0.692. The van der Waals surface area contributed by atoms with E-state index in [-0.39, 0.29) is 17.6 Å². The Kier molecular flexibility index (Phi) is 6.40. The minimum absolute atomic E-state index is 0.180. The molecular weight excluding hydrogens is 402 g/mol. The van der Waals surface area contributed by atoms with Gasteiger partial charge in [-0.3, -0.25) is 0 Å². The van der Waals surface area contributed by atoms with Crippen molar-refractivity contribution in [3.8, 4) is 11.8 Å². The van der Waals surface area contributed by atoms with Crippen LogP contribution in [0.4, 0.5) is 4.79 Å². The smallest absolute Gasteiger partial charge is 0.410 e. The average molecular weight is 440 g/mol. The number of amides is 1. The number of ether oxygens (including phenoxy) is 2. The average Bonchev–Trinajstić information content (AvgIpc) is 3.14. The first-order valence-electron chi connectivity index (χ1n) is 12.0. The molecule has 0 unspecified atom stereocenters. The van der Waals surface area contributed by atoms with Gasteiger partial charge < -0.3 is 19.3 Å². The molecule has 0 N–H and O–H groups in total. The summed E-state index contributed by atoms with van der Waals surface area (Å²) in [5.41, 5.74) is 1.69. The zero-order chi connectivity index (χ0) is 22.9. The fourth-order valence-electron chi connectivity index (χ4n) is 5.56. The first-order chi connectivity index (χ1) is 15.1.